The van der Waals surface area contributed by atoms with E-state index < -0.39 is 39.5 Å². The molecule has 4 aliphatic rings. The van der Waals surface area contributed by atoms with E-state index in [2.05, 4.69) is 5.16 Å². The zero-order chi connectivity index (χ0) is 22.2. The van der Waals surface area contributed by atoms with Gasteiger partial charge in [0, 0.05) is 24.1 Å². The van der Waals surface area contributed by atoms with Crippen molar-refractivity contribution in [3.05, 3.63) is 52.1 Å². The van der Waals surface area contributed by atoms with Crippen LogP contribution in [0.3, 0.4) is 0 Å². The molecule has 1 aromatic rings. The summed E-state index contributed by atoms with van der Waals surface area (Å²) in [6, 6.07) is 5.99. The van der Waals surface area contributed by atoms with Crippen molar-refractivity contribution in [2.24, 2.45) is 22.4 Å². The summed E-state index contributed by atoms with van der Waals surface area (Å²) in [6.07, 6.45) is 3.20. The van der Waals surface area contributed by atoms with Crippen LogP contribution in [0.15, 0.2) is 41.6 Å². The van der Waals surface area contributed by atoms with E-state index in [0.29, 0.717) is 24.1 Å². The molecule has 1 spiro atoms. The highest BCUT2D eigenvalue weighted by Gasteiger charge is 2.73. The molecule has 0 amide bonds. The molecule has 0 radical (unpaired) electrons. The van der Waals surface area contributed by atoms with Gasteiger partial charge in [-0.1, -0.05) is 24.2 Å². The van der Waals surface area contributed by atoms with Gasteiger partial charge in [-0.2, -0.15) is 0 Å². The number of non-ortho nitro benzene ring substituents is 1. The SMILES string of the molecule is C[C@H]1CC[C@@H]2[C@@H](OC(=O)[C@]23CC(c2cccc([N+](=O)[O-])c2)=NO3)[C@]2(C)C(=O)C=C[C@@]12O. The number of fused-ring (bicyclic) bond motifs is 4. The maximum atomic E-state index is 13.1. The molecule has 9 nitrogen and oxygen atoms in total. The molecular weight excluding hydrogens is 404 g/mol. The Hall–Kier alpha value is -3.07. The quantitative estimate of drug-likeness (QED) is 0.436. The largest absolute Gasteiger partial charge is 0.458 e. The highest BCUT2D eigenvalue weighted by atomic mass is 16.7. The predicted molar refractivity (Wildman–Crippen MR) is 107 cm³/mol. The second-order valence-corrected chi connectivity index (χ2v) is 9.14. The predicted octanol–water partition coefficient (Wildman–Crippen LogP) is 2.31. The van der Waals surface area contributed by atoms with E-state index in [1.54, 1.807) is 19.1 Å². The molecule has 6 atom stereocenters. The van der Waals surface area contributed by atoms with Gasteiger partial charge < -0.3 is 14.7 Å². The summed E-state index contributed by atoms with van der Waals surface area (Å²) < 4.78 is 5.76. The fourth-order valence-corrected chi connectivity index (χ4v) is 5.75. The van der Waals surface area contributed by atoms with Crippen LogP contribution in [0, 0.1) is 27.4 Å². The minimum atomic E-state index is -1.42. The first-order valence-corrected chi connectivity index (χ1v) is 10.3. The molecule has 1 saturated carbocycles. The highest BCUT2D eigenvalue weighted by Crippen LogP contribution is 2.59. The zero-order valence-electron chi connectivity index (χ0n) is 17.1. The summed E-state index contributed by atoms with van der Waals surface area (Å²) in [5.41, 5.74) is -3.33. The van der Waals surface area contributed by atoms with E-state index in [0.717, 1.165) is 0 Å². The third kappa shape index (κ3) is 2.38. The van der Waals surface area contributed by atoms with Crippen molar-refractivity contribution in [3.63, 3.8) is 0 Å². The number of oxime groups is 1. The van der Waals surface area contributed by atoms with Gasteiger partial charge in [-0.05, 0) is 37.8 Å². The van der Waals surface area contributed by atoms with Crippen LogP contribution in [0.5, 0.6) is 0 Å². The first kappa shape index (κ1) is 19.9. The van der Waals surface area contributed by atoms with E-state index in [4.69, 9.17) is 9.57 Å². The number of nitro benzene ring substituents is 1. The maximum absolute atomic E-state index is 13.1. The summed E-state index contributed by atoms with van der Waals surface area (Å²) >= 11 is 0. The number of aliphatic hydroxyl groups is 1. The molecule has 5 rings (SSSR count). The van der Waals surface area contributed by atoms with Gasteiger partial charge in [-0.25, -0.2) is 4.79 Å². The number of carbonyl (C=O) groups excluding carboxylic acids is 2. The molecule has 2 aliphatic carbocycles. The van der Waals surface area contributed by atoms with E-state index in [1.165, 1.54) is 24.3 Å². The molecule has 0 bridgehead atoms. The Morgan fingerprint density at radius 1 is 1.29 bits per heavy atom. The molecule has 31 heavy (non-hydrogen) atoms. The lowest BCUT2D eigenvalue weighted by atomic mass is 9.63. The number of nitro groups is 1. The van der Waals surface area contributed by atoms with Crippen LogP contribution in [-0.2, 0) is 19.2 Å². The number of carbonyl (C=O) groups is 2. The number of hydrogen-bond donors (Lipinski definition) is 1. The lowest BCUT2D eigenvalue weighted by Gasteiger charge is -2.43. The molecule has 2 heterocycles. The molecule has 1 aromatic carbocycles. The molecule has 2 fully saturated rings. The number of ether oxygens (including phenoxy) is 1. The second kappa shape index (κ2) is 6.23. The van der Waals surface area contributed by atoms with Gasteiger partial charge in [0.25, 0.3) is 5.69 Å². The van der Waals surface area contributed by atoms with Crippen LogP contribution >= 0.6 is 0 Å². The molecule has 9 heteroatoms. The van der Waals surface area contributed by atoms with Gasteiger partial charge in [-0.3, -0.25) is 14.9 Å². The molecular formula is C22H22N2O7. The van der Waals surface area contributed by atoms with Crippen molar-refractivity contribution in [2.45, 2.75) is 50.4 Å². The number of nitrogens with zero attached hydrogens (tertiary/aromatic N) is 2. The van der Waals surface area contributed by atoms with Crippen LogP contribution < -0.4 is 0 Å². The monoisotopic (exact) mass is 426 g/mol. The van der Waals surface area contributed by atoms with E-state index in [1.807, 2.05) is 6.92 Å². The van der Waals surface area contributed by atoms with Crippen molar-refractivity contribution in [1.82, 2.24) is 0 Å². The second-order valence-electron chi connectivity index (χ2n) is 9.14. The van der Waals surface area contributed by atoms with Crippen molar-refractivity contribution < 1.29 is 29.2 Å². The number of allylic oxidation sites excluding steroid dienone is 1. The van der Waals surface area contributed by atoms with Crippen LogP contribution in [-0.4, -0.2) is 44.8 Å². The third-order valence-electron chi connectivity index (χ3n) is 7.75. The van der Waals surface area contributed by atoms with Gasteiger partial charge in [0.05, 0.1) is 16.6 Å². The van der Waals surface area contributed by atoms with Gasteiger partial charge in [0.1, 0.15) is 17.1 Å². The first-order valence-electron chi connectivity index (χ1n) is 10.3. The smallest absolute Gasteiger partial charge is 0.354 e. The Kier molecular flexibility index (Phi) is 3.99. The minimum Gasteiger partial charge on any atom is -0.458 e. The number of hydrogen-bond acceptors (Lipinski definition) is 8. The Labute approximate surface area is 177 Å². The Morgan fingerprint density at radius 2 is 2.06 bits per heavy atom. The zero-order valence-corrected chi connectivity index (χ0v) is 17.1. The van der Waals surface area contributed by atoms with E-state index in [-0.39, 0.29) is 23.8 Å². The standard InChI is InChI=1S/C22H22N2O7/c1-12-6-7-15-18(20(2)17(25)8-9-22(12,20)27)30-19(26)21(15)11-16(23-31-21)13-4-3-5-14(10-13)24(28)29/h3-5,8-10,12,15,18,27H,6-7,11H2,1-2H3/t12-,15+,18+,20-,21-,22+/m0/s1. The minimum absolute atomic E-state index is 0.0820. The summed E-state index contributed by atoms with van der Waals surface area (Å²) in [6.45, 7) is 3.54. The van der Waals surface area contributed by atoms with Crippen molar-refractivity contribution >= 4 is 23.2 Å². The molecule has 2 aliphatic heterocycles. The molecule has 1 saturated heterocycles. The average Bonchev–Trinajstić information content (AvgIpc) is 3.37. The third-order valence-corrected chi connectivity index (χ3v) is 7.75. The van der Waals surface area contributed by atoms with E-state index in [9.17, 15) is 24.8 Å². The molecule has 1 N–H and O–H groups in total. The fourth-order valence-electron chi connectivity index (χ4n) is 5.75. The first-order chi connectivity index (χ1) is 14.6. The van der Waals surface area contributed by atoms with Gasteiger partial charge in [0.15, 0.2) is 5.78 Å². The van der Waals surface area contributed by atoms with Crippen molar-refractivity contribution in [3.8, 4) is 0 Å². The Bertz CT molecular complexity index is 1080. The molecule has 0 aromatic heterocycles. The number of esters is 1. The summed E-state index contributed by atoms with van der Waals surface area (Å²) in [5.74, 6) is -1.61. The number of benzene rings is 1. The topological polar surface area (TPSA) is 128 Å². The van der Waals surface area contributed by atoms with Crippen LogP contribution in [0.2, 0.25) is 0 Å². The molecule has 162 valence electrons. The van der Waals surface area contributed by atoms with Crippen LogP contribution in [0.1, 0.15) is 38.7 Å². The number of rotatable bonds is 2. The summed E-state index contributed by atoms with van der Waals surface area (Å²) in [7, 11) is 0. The lowest BCUT2D eigenvalue weighted by molar-refractivity contribution is -0.384. The fraction of sp³-hybridized carbons (Fsp3) is 0.500. The number of ketones is 1. The van der Waals surface area contributed by atoms with Crippen molar-refractivity contribution in [2.75, 3.05) is 0 Å². The van der Waals surface area contributed by atoms with Crippen LogP contribution in [0.4, 0.5) is 5.69 Å². The van der Waals surface area contributed by atoms with Gasteiger partial charge in [-0.15, -0.1) is 0 Å². The van der Waals surface area contributed by atoms with Crippen molar-refractivity contribution in [1.29, 1.82) is 0 Å². The normalized spacial score (nSPS) is 40.7. The van der Waals surface area contributed by atoms with Gasteiger partial charge in [0.2, 0.25) is 5.60 Å². The Morgan fingerprint density at radius 3 is 2.81 bits per heavy atom. The van der Waals surface area contributed by atoms with Gasteiger partial charge >= 0.3 is 5.97 Å². The maximum Gasteiger partial charge on any atom is 0.354 e. The van der Waals surface area contributed by atoms with E-state index >= 15 is 0 Å². The highest BCUT2D eigenvalue weighted by molar-refractivity contribution is 6.06. The summed E-state index contributed by atoms with van der Waals surface area (Å²) in [4.78, 5) is 42.4. The average molecular weight is 426 g/mol. The van der Waals surface area contributed by atoms with Crippen LogP contribution in [0.25, 0.3) is 0 Å². The Balaban J connectivity index is 1.52. The summed E-state index contributed by atoms with van der Waals surface area (Å²) in [5, 5.41) is 26.7. The lowest BCUT2D eigenvalue weighted by Crippen LogP contribution is -2.57. The molecule has 0 unspecified atom stereocenters.